The first-order valence-corrected chi connectivity index (χ1v) is 8.96. The van der Waals surface area contributed by atoms with Crippen LogP contribution >= 0.6 is 0 Å². The lowest BCUT2D eigenvalue weighted by Crippen LogP contribution is -2.46. The number of ether oxygens (including phenoxy) is 1. The van der Waals surface area contributed by atoms with Crippen molar-refractivity contribution in [3.63, 3.8) is 0 Å². The number of carbonyl (C=O) groups excluding carboxylic acids is 1. The number of piperidine rings is 1. The fourth-order valence-electron chi connectivity index (χ4n) is 2.15. The molecule has 1 atom stereocenters. The zero-order chi connectivity index (χ0) is 16.8. The van der Waals surface area contributed by atoms with Crippen LogP contribution in [0.5, 0.6) is 0 Å². The van der Waals surface area contributed by atoms with E-state index in [0.29, 0.717) is 19.4 Å². The van der Waals surface area contributed by atoms with E-state index in [1.807, 2.05) is 0 Å². The minimum Gasteiger partial charge on any atom is -0.481 e. The van der Waals surface area contributed by atoms with Gasteiger partial charge in [0.05, 0.1) is 30.9 Å². The van der Waals surface area contributed by atoms with Gasteiger partial charge < -0.3 is 14.7 Å². The molecule has 1 heterocycles. The van der Waals surface area contributed by atoms with Crippen LogP contribution in [0.25, 0.3) is 0 Å². The lowest BCUT2D eigenvalue weighted by Gasteiger charge is -2.30. The molecule has 1 aliphatic rings. The number of hydrogen-bond donors (Lipinski definition) is 2. The van der Waals surface area contributed by atoms with Gasteiger partial charge in [-0.1, -0.05) is 0 Å². The van der Waals surface area contributed by atoms with Gasteiger partial charge >= 0.3 is 5.97 Å². The maximum Gasteiger partial charge on any atom is 0.308 e. The van der Waals surface area contributed by atoms with Crippen LogP contribution in [0.1, 0.15) is 26.7 Å². The molecule has 0 unspecified atom stereocenters. The van der Waals surface area contributed by atoms with Crippen molar-refractivity contribution in [2.45, 2.75) is 32.8 Å². The van der Waals surface area contributed by atoms with Gasteiger partial charge in [0, 0.05) is 13.1 Å². The van der Waals surface area contributed by atoms with Crippen molar-refractivity contribution < 1.29 is 27.9 Å². The molecule has 2 N–H and O–H groups in total. The Morgan fingerprint density at radius 3 is 2.68 bits per heavy atom. The highest BCUT2D eigenvalue weighted by Gasteiger charge is 2.28. The summed E-state index contributed by atoms with van der Waals surface area (Å²) in [5.41, 5.74) is 0. The van der Waals surface area contributed by atoms with Gasteiger partial charge in [0.15, 0.2) is 0 Å². The molecule has 128 valence electrons. The van der Waals surface area contributed by atoms with Crippen molar-refractivity contribution in [1.29, 1.82) is 0 Å². The summed E-state index contributed by atoms with van der Waals surface area (Å²) >= 11 is 0. The van der Waals surface area contributed by atoms with Crippen LogP contribution in [0.4, 0.5) is 0 Å². The van der Waals surface area contributed by atoms with Crippen LogP contribution in [0, 0.1) is 5.92 Å². The number of carboxylic acid groups (broad SMARTS) is 1. The summed E-state index contributed by atoms with van der Waals surface area (Å²) in [5, 5.41) is 8.98. The Morgan fingerprint density at radius 2 is 2.09 bits per heavy atom. The number of sulfonamides is 1. The fourth-order valence-corrected chi connectivity index (χ4v) is 2.96. The Kier molecular flexibility index (Phi) is 7.24. The van der Waals surface area contributed by atoms with Crippen LogP contribution in [0.3, 0.4) is 0 Å². The zero-order valence-electron chi connectivity index (χ0n) is 12.9. The predicted octanol–water partition coefficient (Wildman–Crippen LogP) is -0.346. The molecule has 0 aromatic heterocycles. The van der Waals surface area contributed by atoms with Crippen LogP contribution in [0.15, 0.2) is 0 Å². The van der Waals surface area contributed by atoms with E-state index in [1.165, 1.54) is 4.90 Å². The van der Waals surface area contributed by atoms with Gasteiger partial charge in [-0.15, -0.1) is 0 Å². The Bertz CT molecular complexity index is 491. The standard InChI is InChI=1S/C13H24N2O6S/c1-10(2)21-6-7-22(19,20)14-8-12(16)15-5-3-4-11(9-15)13(17)18/h10-11,14H,3-9H2,1-2H3,(H,17,18)/t11-/m0/s1. The van der Waals surface area contributed by atoms with E-state index in [-0.39, 0.29) is 31.6 Å². The minimum atomic E-state index is -3.58. The monoisotopic (exact) mass is 336 g/mol. The Morgan fingerprint density at radius 1 is 1.41 bits per heavy atom. The summed E-state index contributed by atoms with van der Waals surface area (Å²) in [6.07, 6.45) is 1.09. The molecule has 8 nitrogen and oxygen atoms in total. The molecular formula is C13H24N2O6S. The van der Waals surface area contributed by atoms with Gasteiger partial charge in [-0.05, 0) is 26.7 Å². The molecule has 1 rings (SSSR count). The average molecular weight is 336 g/mol. The first-order chi connectivity index (χ1) is 10.2. The molecule has 0 bridgehead atoms. The minimum absolute atomic E-state index is 0.0573. The van der Waals surface area contributed by atoms with Crippen molar-refractivity contribution in [1.82, 2.24) is 9.62 Å². The van der Waals surface area contributed by atoms with E-state index < -0.39 is 27.8 Å². The molecule has 1 fully saturated rings. The van der Waals surface area contributed by atoms with E-state index in [9.17, 15) is 18.0 Å². The molecule has 0 aromatic carbocycles. The van der Waals surface area contributed by atoms with Crippen molar-refractivity contribution in [3.8, 4) is 0 Å². The van der Waals surface area contributed by atoms with Crippen LogP contribution in [0.2, 0.25) is 0 Å². The number of nitrogens with zero attached hydrogens (tertiary/aromatic N) is 1. The molecule has 9 heteroatoms. The normalized spacial score (nSPS) is 19.4. The van der Waals surface area contributed by atoms with Crippen molar-refractivity contribution in [2.75, 3.05) is 32.0 Å². The fraction of sp³-hybridized carbons (Fsp3) is 0.846. The molecule has 0 aliphatic carbocycles. The van der Waals surface area contributed by atoms with Crippen LogP contribution in [-0.2, 0) is 24.3 Å². The van der Waals surface area contributed by atoms with E-state index in [0.717, 1.165) is 0 Å². The van der Waals surface area contributed by atoms with Crippen molar-refractivity contribution in [3.05, 3.63) is 0 Å². The molecule has 1 saturated heterocycles. The zero-order valence-corrected chi connectivity index (χ0v) is 13.8. The Labute approximate surface area is 130 Å². The average Bonchev–Trinajstić information content (AvgIpc) is 2.44. The molecule has 0 saturated carbocycles. The van der Waals surface area contributed by atoms with E-state index >= 15 is 0 Å². The number of carbonyl (C=O) groups is 2. The molecule has 22 heavy (non-hydrogen) atoms. The van der Waals surface area contributed by atoms with Gasteiger partial charge in [0.1, 0.15) is 0 Å². The van der Waals surface area contributed by atoms with Gasteiger partial charge in [-0.3, -0.25) is 9.59 Å². The summed E-state index contributed by atoms with van der Waals surface area (Å²) < 4.78 is 30.8. The summed E-state index contributed by atoms with van der Waals surface area (Å²) in [6.45, 7) is 3.91. The number of hydrogen-bond acceptors (Lipinski definition) is 5. The third-order valence-corrected chi connectivity index (χ3v) is 4.66. The molecule has 1 amide bonds. The van der Waals surface area contributed by atoms with E-state index in [4.69, 9.17) is 9.84 Å². The Balaban J connectivity index is 2.39. The van der Waals surface area contributed by atoms with E-state index in [2.05, 4.69) is 4.72 Å². The number of amides is 1. The van der Waals surface area contributed by atoms with Gasteiger partial charge in [0.25, 0.3) is 0 Å². The predicted molar refractivity (Wildman–Crippen MR) is 79.8 cm³/mol. The van der Waals surface area contributed by atoms with Gasteiger partial charge in [-0.2, -0.15) is 0 Å². The second kappa shape index (κ2) is 8.44. The highest BCUT2D eigenvalue weighted by atomic mass is 32.2. The van der Waals surface area contributed by atoms with Crippen molar-refractivity contribution >= 4 is 21.9 Å². The van der Waals surface area contributed by atoms with Crippen molar-refractivity contribution in [2.24, 2.45) is 5.92 Å². The second-order valence-corrected chi connectivity index (χ2v) is 7.50. The first-order valence-electron chi connectivity index (χ1n) is 7.31. The lowest BCUT2D eigenvalue weighted by atomic mass is 9.98. The highest BCUT2D eigenvalue weighted by Crippen LogP contribution is 2.16. The number of nitrogens with one attached hydrogen (secondary N) is 1. The number of rotatable bonds is 8. The number of aliphatic carboxylic acids is 1. The number of carboxylic acids is 1. The molecule has 0 spiro atoms. The lowest BCUT2D eigenvalue weighted by molar-refractivity contribution is -0.145. The van der Waals surface area contributed by atoms with Gasteiger partial charge in [0.2, 0.25) is 15.9 Å². The Hall–Kier alpha value is -1.19. The van der Waals surface area contributed by atoms with Gasteiger partial charge in [-0.25, -0.2) is 13.1 Å². The molecule has 0 radical (unpaired) electrons. The summed E-state index contributed by atoms with van der Waals surface area (Å²) in [4.78, 5) is 24.3. The summed E-state index contributed by atoms with van der Waals surface area (Å²) in [6, 6.07) is 0. The quantitative estimate of drug-likeness (QED) is 0.627. The number of likely N-dealkylation sites (tertiary alicyclic amines) is 1. The molecular weight excluding hydrogens is 312 g/mol. The van der Waals surface area contributed by atoms with Crippen LogP contribution < -0.4 is 4.72 Å². The highest BCUT2D eigenvalue weighted by molar-refractivity contribution is 7.89. The third-order valence-electron chi connectivity index (χ3n) is 3.37. The molecule has 0 aromatic rings. The largest absolute Gasteiger partial charge is 0.481 e. The maximum atomic E-state index is 12.0. The SMILES string of the molecule is CC(C)OCCS(=O)(=O)NCC(=O)N1CCC[C@H](C(=O)O)C1. The topological polar surface area (TPSA) is 113 Å². The smallest absolute Gasteiger partial charge is 0.308 e. The maximum absolute atomic E-state index is 12.0. The molecule has 1 aliphatic heterocycles. The summed E-state index contributed by atoms with van der Waals surface area (Å²) in [5.74, 6) is -2.12. The second-order valence-electron chi connectivity index (χ2n) is 5.58. The van der Waals surface area contributed by atoms with Crippen LogP contribution in [-0.4, -0.2) is 68.4 Å². The third kappa shape index (κ3) is 6.71. The summed E-state index contributed by atoms with van der Waals surface area (Å²) in [7, 11) is -3.58. The first kappa shape index (κ1) is 18.9. The van der Waals surface area contributed by atoms with E-state index in [1.54, 1.807) is 13.8 Å².